The number of carbonyl (C=O) groups is 4. The minimum absolute atomic E-state index is 0.0365. The van der Waals surface area contributed by atoms with Crippen molar-refractivity contribution in [2.45, 2.75) is 38.6 Å². The predicted molar refractivity (Wildman–Crippen MR) is 115 cm³/mol. The Kier molecular flexibility index (Phi) is 7.59. The molecule has 3 rings (SSSR count). The third kappa shape index (κ3) is 6.53. The number of esters is 1. The Morgan fingerprint density at radius 2 is 1.74 bits per heavy atom. The third-order valence-electron chi connectivity index (χ3n) is 5.45. The van der Waals surface area contributed by atoms with Gasteiger partial charge in [0.1, 0.15) is 6.54 Å². The predicted octanol–water partition coefficient (Wildman–Crippen LogP) is 2.52. The molecule has 1 aliphatic carbocycles. The first-order valence-electron chi connectivity index (χ1n) is 10.5. The molecule has 0 radical (unpaired) electrons. The zero-order valence-electron chi connectivity index (χ0n) is 17.5. The summed E-state index contributed by atoms with van der Waals surface area (Å²) in [4.78, 5) is 47.8. The number of benzene rings is 2. The quantitative estimate of drug-likeness (QED) is 0.616. The van der Waals surface area contributed by atoms with Gasteiger partial charge in [-0.25, -0.2) is 4.79 Å². The Balaban J connectivity index is 1.37. The second kappa shape index (κ2) is 10.6. The normalized spacial score (nSPS) is 18.1. The van der Waals surface area contributed by atoms with E-state index in [0.717, 1.165) is 36.5 Å². The zero-order chi connectivity index (χ0) is 22.2. The van der Waals surface area contributed by atoms with Crippen molar-refractivity contribution in [1.82, 2.24) is 16.0 Å². The van der Waals surface area contributed by atoms with Gasteiger partial charge in [-0.05, 0) is 41.7 Å². The molecule has 164 valence electrons. The Morgan fingerprint density at radius 1 is 1.00 bits per heavy atom. The largest absolute Gasteiger partial charge is 0.454 e. The van der Waals surface area contributed by atoms with Crippen LogP contribution in [0, 0.1) is 5.92 Å². The Morgan fingerprint density at radius 3 is 2.52 bits per heavy atom. The van der Waals surface area contributed by atoms with Crippen molar-refractivity contribution in [2.75, 3.05) is 13.2 Å². The molecular weight excluding hydrogens is 398 g/mol. The van der Waals surface area contributed by atoms with Crippen LogP contribution in [0.5, 0.6) is 0 Å². The van der Waals surface area contributed by atoms with E-state index in [1.807, 2.05) is 30.3 Å². The van der Waals surface area contributed by atoms with Crippen LogP contribution in [0.4, 0.5) is 4.79 Å². The van der Waals surface area contributed by atoms with E-state index < -0.39 is 30.4 Å². The van der Waals surface area contributed by atoms with Crippen molar-refractivity contribution in [3.8, 4) is 0 Å². The average molecular weight is 425 g/mol. The molecule has 0 heterocycles. The Bertz CT molecular complexity index is 975. The van der Waals surface area contributed by atoms with Gasteiger partial charge in [0.15, 0.2) is 6.61 Å². The van der Waals surface area contributed by atoms with Crippen molar-refractivity contribution in [1.29, 1.82) is 0 Å². The number of nitrogens with one attached hydrogen (secondary N) is 3. The monoisotopic (exact) mass is 425 g/mol. The molecule has 31 heavy (non-hydrogen) atoms. The summed E-state index contributed by atoms with van der Waals surface area (Å²) < 4.78 is 4.83. The maximum atomic E-state index is 12.2. The van der Waals surface area contributed by atoms with Gasteiger partial charge in [-0.15, -0.1) is 0 Å². The number of carbonyl (C=O) groups excluding carboxylic acids is 4. The number of ether oxygens (including phenoxy) is 1. The topological polar surface area (TPSA) is 114 Å². The van der Waals surface area contributed by atoms with Gasteiger partial charge in [-0.3, -0.25) is 19.7 Å². The van der Waals surface area contributed by atoms with Crippen LogP contribution in [-0.4, -0.2) is 43.0 Å². The summed E-state index contributed by atoms with van der Waals surface area (Å²) >= 11 is 0. The summed E-state index contributed by atoms with van der Waals surface area (Å²) in [6.07, 6.45) is 4.12. The van der Waals surface area contributed by atoms with E-state index in [0.29, 0.717) is 11.5 Å². The molecule has 3 N–H and O–H groups in total. The summed E-state index contributed by atoms with van der Waals surface area (Å²) in [5.41, 5.74) is 0.415. The van der Waals surface area contributed by atoms with Gasteiger partial charge in [0.25, 0.3) is 11.8 Å². The van der Waals surface area contributed by atoms with Gasteiger partial charge in [0.2, 0.25) is 0 Å². The lowest BCUT2D eigenvalue weighted by Crippen LogP contribution is -2.48. The number of hydrogen-bond donors (Lipinski definition) is 3. The number of amides is 4. The van der Waals surface area contributed by atoms with Crippen LogP contribution in [0.3, 0.4) is 0 Å². The van der Waals surface area contributed by atoms with Gasteiger partial charge >= 0.3 is 12.0 Å². The molecule has 1 saturated carbocycles. The maximum absolute atomic E-state index is 12.2. The molecule has 2 aromatic carbocycles. The summed E-state index contributed by atoms with van der Waals surface area (Å²) in [5, 5.41) is 9.33. The van der Waals surface area contributed by atoms with Gasteiger partial charge in [0.05, 0.1) is 0 Å². The fraction of sp³-hybridized carbons (Fsp3) is 0.391. The molecule has 4 amide bonds. The van der Waals surface area contributed by atoms with Crippen molar-refractivity contribution in [3.05, 3.63) is 48.0 Å². The van der Waals surface area contributed by atoms with Crippen molar-refractivity contribution >= 4 is 34.6 Å². The van der Waals surface area contributed by atoms with Crippen molar-refractivity contribution in [3.63, 3.8) is 0 Å². The molecule has 1 fully saturated rings. The molecule has 2 aromatic rings. The summed E-state index contributed by atoms with van der Waals surface area (Å²) in [7, 11) is 0. The van der Waals surface area contributed by atoms with Crippen molar-refractivity contribution < 1.29 is 23.9 Å². The number of rotatable bonds is 6. The first-order valence-corrected chi connectivity index (χ1v) is 10.5. The molecule has 0 spiro atoms. The van der Waals surface area contributed by atoms with E-state index in [1.165, 1.54) is 0 Å². The standard InChI is InChI=1S/C23H27N3O5/c1-15-6-2-5-9-19(15)25-23(30)26-20(27)14-31-21(28)13-24-22(29)18-11-10-16-7-3-4-8-17(16)12-18/h3-4,7-8,10-12,15,19H,2,5-6,9,13-14H2,1H3,(H,24,29)(H2,25,26,27,30)/t15-,19+/m0/s1. The minimum atomic E-state index is -0.773. The number of imide groups is 1. The Hall–Kier alpha value is -3.42. The second-order valence-corrected chi connectivity index (χ2v) is 7.80. The number of hydrogen-bond acceptors (Lipinski definition) is 5. The summed E-state index contributed by atoms with van der Waals surface area (Å²) in [6.45, 7) is 1.09. The number of urea groups is 1. The molecular formula is C23H27N3O5. The van der Waals surface area contributed by atoms with Crippen LogP contribution in [0.25, 0.3) is 10.8 Å². The van der Waals surface area contributed by atoms with Crippen LogP contribution in [0.2, 0.25) is 0 Å². The lowest BCUT2D eigenvalue weighted by Gasteiger charge is -2.29. The lowest BCUT2D eigenvalue weighted by atomic mass is 9.86. The molecule has 8 nitrogen and oxygen atoms in total. The first kappa shape index (κ1) is 22.3. The van der Waals surface area contributed by atoms with Crippen LogP contribution >= 0.6 is 0 Å². The zero-order valence-corrected chi connectivity index (χ0v) is 17.5. The van der Waals surface area contributed by atoms with E-state index in [1.54, 1.807) is 12.1 Å². The van der Waals surface area contributed by atoms with Crippen LogP contribution in [-0.2, 0) is 14.3 Å². The number of fused-ring (bicyclic) bond motifs is 1. The highest BCUT2D eigenvalue weighted by molar-refractivity contribution is 6.00. The smallest absolute Gasteiger partial charge is 0.325 e. The SMILES string of the molecule is C[C@H]1CCCC[C@H]1NC(=O)NC(=O)COC(=O)CNC(=O)c1ccc2ccccc2c1. The van der Waals surface area contributed by atoms with E-state index in [2.05, 4.69) is 22.9 Å². The maximum Gasteiger partial charge on any atom is 0.325 e. The highest BCUT2D eigenvalue weighted by Gasteiger charge is 2.23. The average Bonchev–Trinajstić information content (AvgIpc) is 2.77. The van der Waals surface area contributed by atoms with E-state index in [9.17, 15) is 19.2 Å². The van der Waals surface area contributed by atoms with Crippen LogP contribution < -0.4 is 16.0 Å². The first-order chi connectivity index (χ1) is 14.9. The molecule has 0 aliphatic heterocycles. The minimum Gasteiger partial charge on any atom is -0.454 e. The van der Waals surface area contributed by atoms with Gasteiger partial charge in [-0.2, -0.15) is 0 Å². The highest BCUT2D eigenvalue weighted by Crippen LogP contribution is 2.23. The molecule has 0 unspecified atom stereocenters. The summed E-state index contributed by atoms with van der Waals surface area (Å²) in [5.74, 6) is -1.56. The molecule has 0 bridgehead atoms. The fourth-order valence-corrected chi connectivity index (χ4v) is 3.68. The van der Waals surface area contributed by atoms with Gasteiger partial charge in [-0.1, -0.05) is 50.1 Å². The molecule has 2 atom stereocenters. The lowest BCUT2D eigenvalue weighted by molar-refractivity contribution is -0.147. The second-order valence-electron chi connectivity index (χ2n) is 7.80. The van der Waals surface area contributed by atoms with Crippen LogP contribution in [0.1, 0.15) is 43.0 Å². The molecule has 8 heteroatoms. The fourth-order valence-electron chi connectivity index (χ4n) is 3.68. The van der Waals surface area contributed by atoms with E-state index in [4.69, 9.17) is 4.74 Å². The molecule has 0 aromatic heterocycles. The van der Waals surface area contributed by atoms with E-state index >= 15 is 0 Å². The van der Waals surface area contributed by atoms with Gasteiger partial charge in [0, 0.05) is 11.6 Å². The third-order valence-corrected chi connectivity index (χ3v) is 5.45. The van der Waals surface area contributed by atoms with Gasteiger partial charge < -0.3 is 15.4 Å². The van der Waals surface area contributed by atoms with Crippen molar-refractivity contribution in [2.24, 2.45) is 5.92 Å². The van der Waals surface area contributed by atoms with E-state index in [-0.39, 0.29) is 12.6 Å². The van der Waals surface area contributed by atoms with Crippen LogP contribution in [0.15, 0.2) is 42.5 Å². The summed E-state index contributed by atoms with van der Waals surface area (Å²) in [6, 6.07) is 12.3. The highest BCUT2D eigenvalue weighted by atomic mass is 16.5. The molecule has 1 aliphatic rings. The Labute approximate surface area is 180 Å². The molecule has 0 saturated heterocycles.